The van der Waals surface area contributed by atoms with Gasteiger partial charge in [-0.1, -0.05) is 0 Å². The standard InChI is InChI=1S/C12H14F3NO2/c13-12(14,15)8-6-10(18)9(17)5-7(8)1-2-11(16)3-4-11/h5-6,17-18H,1-4,16H2. The van der Waals surface area contributed by atoms with Gasteiger partial charge in [0, 0.05) is 5.54 Å². The highest BCUT2D eigenvalue weighted by molar-refractivity contribution is 5.46. The van der Waals surface area contributed by atoms with Crippen molar-refractivity contribution < 1.29 is 23.4 Å². The lowest BCUT2D eigenvalue weighted by Crippen LogP contribution is -2.22. The number of phenolic OH excluding ortho intramolecular Hbond substituents is 2. The Bertz CT molecular complexity index is 467. The van der Waals surface area contributed by atoms with Crippen LogP contribution in [0.3, 0.4) is 0 Å². The Morgan fingerprint density at radius 1 is 1.17 bits per heavy atom. The van der Waals surface area contributed by atoms with Crippen molar-refractivity contribution in [2.75, 3.05) is 0 Å². The monoisotopic (exact) mass is 261 g/mol. The number of nitrogens with two attached hydrogens (primary N) is 1. The summed E-state index contributed by atoms with van der Waals surface area (Å²) in [4.78, 5) is 0. The van der Waals surface area contributed by atoms with Crippen LogP contribution in [0.5, 0.6) is 11.5 Å². The van der Waals surface area contributed by atoms with E-state index in [-0.39, 0.29) is 17.5 Å². The maximum absolute atomic E-state index is 12.8. The Balaban J connectivity index is 2.28. The highest BCUT2D eigenvalue weighted by atomic mass is 19.4. The maximum atomic E-state index is 12.8. The van der Waals surface area contributed by atoms with Crippen LogP contribution in [-0.4, -0.2) is 15.8 Å². The topological polar surface area (TPSA) is 66.5 Å². The van der Waals surface area contributed by atoms with Crippen molar-refractivity contribution in [3.63, 3.8) is 0 Å². The largest absolute Gasteiger partial charge is 0.504 e. The van der Waals surface area contributed by atoms with E-state index in [1.165, 1.54) is 0 Å². The summed E-state index contributed by atoms with van der Waals surface area (Å²) in [5.41, 5.74) is 4.53. The lowest BCUT2D eigenvalue weighted by atomic mass is 9.98. The third-order valence-corrected chi connectivity index (χ3v) is 3.29. The average Bonchev–Trinajstić information content (AvgIpc) is 2.97. The number of rotatable bonds is 3. The molecule has 2 rings (SSSR count). The fourth-order valence-corrected chi connectivity index (χ4v) is 1.88. The molecule has 18 heavy (non-hydrogen) atoms. The summed E-state index contributed by atoms with van der Waals surface area (Å²) in [5, 5.41) is 18.4. The Morgan fingerprint density at radius 3 is 2.22 bits per heavy atom. The average molecular weight is 261 g/mol. The van der Waals surface area contributed by atoms with Gasteiger partial charge in [0.25, 0.3) is 0 Å². The van der Waals surface area contributed by atoms with Crippen molar-refractivity contribution >= 4 is 0 Å². The molecule has 1 aromatic carbocycles. The fraction of sp³-hybridized carbons (Fsp3) is 0.500. The van der Waals surface area contributed by atoms with Crippen molar-refractivity contribution in [1.29, 1.82) is 0 Å². The minimum absolute atomic E-state index is 0.0328. The number of aryl methyl sites for hydroxylation is 1. The maximum Gasteiger partial charge on any atom is 0.416 e. The predicted octanol–water partition coefficient (Wildman–Crippen LogP) is 2.54. The number of phenols is 2. The van der Waals surface area contributed by atoms with Gasteiger partial charge in [0.15, 0.2) is 11.5 Å². The predicted molar refractivity (Wildman–Crippen MR) is 59.2 cm³/mol. The molecule has 0 saturated heterocycles. The molecule has 0 amide bonds. The Hall–Kier alpha value is -1.43. The molecule has 0 atom stereocenters. The summed E-state index contributed by atoms with van der Waals surface area (Å²) in [6.45, 7) is 0. The molecule has 0 heterocycles. The van der Waals surface area contributed by atoms with E-state index in [0.717, 1.165) is 18.9 Å². The summed E-state index contributed by atoms with van der Waals surface area (Å²) in [7, 11) is 0. The zero-order valence-corrected chi connectivity index (χ0v) is 9.59. The van der Waals surface area contributed by atoms with E-state index in [1.54, 1.807) is 0 Å². The van der Waals surface area contributed by atoms with Crippen LogP contribution < -0.4 is 5.73 Å². The van der Waals surface area contributed by atoms with E-state index in [1.807, 2.05) is 0 Å². The van der Waals surface area contributed by atoms with Gasteiger partial charge in [0.2, 0.25) is 0 Å². The van der Waals surface area contributed by atoms with Gasteiger partial charge < -0.3 is 15.9 Å². The van der Waals surface area contributed by atoms with Crippen LogP contribution in [0.15, 0.2) is 12.1 Å². The molecule has 0 unspecified atom stereocenters. The first-order valence-corrected chi connectivity index (χ1v) is 5.62. The van der Waals surface area contributed by atoms with Crippen LogP contribution in [-0.2, 0) is 12.6 Å². The van der Waals surface area contributed by atoms with Gasteiger partial charge in [-0.25, -0.2) is 0 Å². The molecule has 0 spiro atoms. The first kappa shape index (κ1) is 13.0. The number of hydrogen-bond donors (Lipinski definition) is 3. The minimum Gasteiger partial charge on any atom is -0.504 e. The zero-order valence-electron chi connectivity index (χ0n) is 9.59. The minimum atomic E-state index is -4.55. The molecule has 6 heteroatoms. The van der Waals surface area contributed by atoms with E-state index >= 15 is 0 Å². The summed E-state index contributed by atoms with van der Waals surface area (Å²) < 4.78 is 38.3. The van der Waals surface area contributed by atoms with Crippen molar-refractivity contribution in [1.82, 2.24) is 0 Å². The second-order valence-corrected chi connectivity index (χ2v) is 4.86. The third kappa shape index (κ3) is 2.69. The number of aromatic hydroxyl groups is 2. The Kier molecular flexibility index (Phi) is 2.93. The molecule has 100 valence electrons. The first-order chi connectivity index (χ1) is 8.21. The third-order valence-electron chi connectivity index (χ3n) is 3.29. The quantitative estimate of drug-likeness (QED) is 0.732. The molecule has 1 aromatic rings. The lowest BCUT2D eigenvalue weighted by molar-refractivity contribution is -0.138. The molecular weight excluding hydrogens is 247 g/mol. The van der Waals surface area contributed by atoms with Crippen LogP contribution >= 0.6 is 0 Å². The summed E-state index contributed by atoms with van der Waals surface area (Å²) in [6.07, 6.45) is -2.33. The first-order valence-electron chi connectivity index (χ1n) is 5.62. The van der Waals surface area contributed by atoms with Gasteiger partial charge in [-0.2, -0.15) is 13.2 Å². The second kappa shape index (κ2) is 4.05. The van der Waals surface area contributed by atoms with Gasteiger partial charge in [0.1, 0.15) is 0 Å². The second-order valence-electron chi connectivity index (χ2n) is 4.86. The fourth-order valence-electron chi connectivity index (χ4n) is 1.88. The number of alkyl halides is 3. The molecule has 1 aliphatic rings. The Morgan fingerprint density at radius 2 is 1.72 bits per heavy atom. The highest BCUT2D eigenvalue weighted by Crippen LogP contribution is 2.41. The SMILES string of the molecule is NC1(CCc2cc(O)c(O)cc2C(F)(F)F)CC1. The number of hydrogen-bond acceptors (Lipinski definition) is 3. The molecule has 1 fully saturated rings. The zero-order chi connectivity index (χ0) is 13.6. The van der Waals surface area contributed by atoms with E-state index in [9.17, 15) is 18.3 Å². The van der Waals surface area contributed by atoms with Gasteiger partial charge in [0.05, 0.1) is 5.56 Å². The molecule has 1 saturated carbocycles. The van der Waals surface area contributed by atoms with Crippen LogP contribution in [0.2, 0.25) is 0 Å². The summed E-state index contributed by atoms with van der Waals surface area (Å²) in [5.74, 6) is -1.31. The molecule has 1 aliphatic carbocycles. The normalized spacial score (nSPS) is 17.8. The molecule has 0 bridgehead atoms. The summed E-state index contributed by atoms with van der Waals surface area (Å²) in [6, 6.07) is 1.52. The van der Waals surface area contributed by atoms with E-state index in [4.69, 9.17) is 10.8 Å². The van der Waals surface area contributed by atoms with Crippen molar-refractivity contribution in [3.8, 4) is 11.5 Å². The van der Waals surface area contributed by atoms with Crippen LogP contribution in [0, 0.1) is 0 Å². The number of halogens is 3. The molecule has 0 aliphatic heterocycles. The van der Waals surface area contributed by atoms with Gasteiger partial charge >= 0.3 is 6.18 Å². The van der Waals surface area contributed by atoms with Crippen LogP contribution in [0.1, 0.15) is 30.4 Å². The molecule has 3 nitrogen and oxygen atoms in total. The van der Waals surface area contributed by atoms with Crippen molar-refractivity contribution in [3.05, 3.63) is 23.3 Å². The van der Waals surface area contributed by atoms with E-state index in [2.05, 4.69) is 0 Å². The van der Waals surface area contributed by atoms with Crippen molar-refractivity contribution in [2.24, 2.45) is 5.73 Å². The number of benzene rings is 1. The van der Waals surface area contributed by atoms with Crippen LogP contribution in [0.4, 0.5) is 13.2 Å². The molecule has 4 N–H and O–H groups in total. The van der Waals surface area contributed by atoms with E-state index in [0.29, 0.717) is 12.5 Å². The van der Waals surface area contributed by atoms with Crippen molar-refractivity contribution in [2.45, 2.75) is 37.4 Å². The smallest absolute Gasteiger partial charge is 0.416 e. The van der Waals surface area contributed by atoms with Gasteiger partial charge in [-0.3, -0.25) is 0 Å². The molecule has 0 aromatic heterocycles. The summed E-state index contributed by atoms with van der Waals surface area (Å²) >= 11 is 0. The molecule has 0 radical (unpaired) electrons. The Labute approximate surface area is 102 Å². The highest BCUT2D eigenvalue weighted by Gasteiger charge is 2.39. The van der Waals surface area contributed by atoms with Gasteiger partial charge in [-0.05, 0) is 43.4 Å². The lowest BCUT2D eigenvalue weighted by Gasteiger charge is -2.15. The molecular formula is C12H14F3NO2. The van der Waals surface area contributed by atoms with E-state index < -0.39 is 23.2 Å². The van der Waals surface area contributed by atoms with Gasteiger partial charge in [-0.15, -0.1) is 0 Å². The van der Waals surface area contributed by atoms with Crippen LogP contribution in [0.25, 0.3) is 0 Å².